The zero-order chi connectivity index (χ0) is 10.4. The molecule has 80 valence electrons. The van der Waals surface area contributed by atoms with Crippen molar-refractivity contribution in [3.8, 4) is 0 Å². The lowest BCUT2D eigenvalue weighted by Crippen LogP contribution is -2.12. The lowest BCUT2D eigenvalue weighted by molar-refractivity contribution is 0.529. The van der Waals surface area contributed by atoms with Crippen LogP contribution < -0.4 is 11.1 Å². The number of hydrogen-bond acceptors (Lipinski definition) is 4. The molecular formula is C10H19N3S. The normalized spacial score (nSPS) is 12.8. The van der Waals surface area contributed by atoms with Gasteiger partial charge in [-0.2, -0.15) is 0 Å². The summed E-state index contributed by atoms with van der Waals surface area (Å²) in [4.78, 5) is 4.33. The van der Waals surface area contributed by atoms with Crippen LogP contribution in [0.15, 0.2) is 5.38 Å². The molecule has 1 aromatic rings. The molecule has 0 saturated heterocycles. The molecule has 0 spiro atoms. The fourth-order valence-electron chi connectivity index (χ4n) is 1.20. The van der Waals surface area contributed by atoms with Crippen molar-refractivity contribution in [3.63, 3.8) is 0 Å². The molecule has 0 aliphatic heterocycles. The Labute approximate surface area is 89.7 Å². The fraction of sp³-hybridized carbons (Fsp3) is 0.700. The van der Waals surface area contributed by atoms with E-state index in [-0.39, 0.29) is 0 Å². The molecule has 0 aliphatic carbocycles. The van der Waals surface area contributed by atoms with Gasteiger partial charge in [-0.25, -0.2) is 4.98 Å². The number of aryl methyl sites for hydroxylation is 1. The van der Waals surface area contributed by atoms with Crippen LogP contribution in [0.2, 0.25) is 0 Å². The summed E-state index contributed by atoms with van der Waals surface area (Å²) in [5, 5.41) is 6.40. The lowest BCUT2D eigenvalue weighted by Gasteiger charge is -2.07. The van der Waals surface area contributed by atoms with Gasteiger partial charge in [0, 0.05) is 11.9 Å². The highest BCUT2D eigenvalue weighted by Crippen LogP contribution is 2.14. The van der Waals surface area contributed by atoms with Crippen molar-refractivity contribution in [1.29, 1.82) is 0 Å². The van der Waals surface area contributed by atoms with Gasteiger partial charge in [-0.3, -0.25) is 0 Å². The Hall–Kier alpha value is -0.610. The van der Waals surface area contributed by atoms with E-state index in [4.69, 9.17) is 5.73 Å². The number of rotatable bonds is 6. The Balaban J connectivity index is 2.10. The lowest BCUT2D eigenvalue weighted by atomic mass is 10.1. The summed E-state index contributed by atoms with van der Waals surface area (Å²) in [5.41, 5.74) is 6.63. The van der Waals surface area contributed by atoms with Crippen LogP contribution in [0.3, 0.4) is 0 Å². The summed E-state index contributed by atoms with van der Waals surface area (Å²) >= 11 is 1.67. The molecule has 0 radical (unpaired) electrons. The minimum absolute atomic E-state index is 0.634. The molecule has 3 N–H and O–H groups in total. The summed E-state index contributed by atoms with van der Waals surface area (Å²) in [6, 6.07) is 0. The smallest absolute Gasteiger partial charge is 0.182 e. The van der Waals surface area contributed by atoms with E-state index in [1.807, 2.05) is 6.92 Å². The van der Waals surface area contributed by atoms with E-state index in [0.717, 1.165) is 30.3 Å². The van der Waals surface area contributed by atoms with Crippen LogP contribution in [-0.2, 0) is 0 Å². The van der Waals surface area contributed by atoms with E-state index in [0.29, 0.717) is 5.92 Å². The zero-order valence-corrected chi connectivity index (χ0v) is 9.73. The highest BCUT2D eigenvalue weighted by atomic mass is 32.1. The van der Waals surface area contributed by atoms with Crippen LogP contribution >= 0.6 is 11.3 Å². The Bertz CT molecular complexity index is 260. The maximum absolute atomic E-state index is 5.54. The summed E-state index contributed by atoms with van der Waals surface area (Å²) < 4.78 is 0. The fourth-order valence-corrected chi connectivity index (χ4v) is 1.92. The molecular weight excluding hydrogens is 194 g/mol. The van der Waals surface area contributed by atoms with Crippen molar-refractivity contribution in [2.45, 2.75) is 26.7 Å². The predicted molar refractivity (Wildman–Crippen MR) is 62.8 cm³/mol. The van der Waals surface area contributed by atoms with Crippen molar-refractivity contribution >= 4 is 16.5 Å². The number of hydrogen-bond donors (Lipinski definition) is 2. The minimum atomic E-state index is 0.634. The number of aromatic nitrogens is 1. The van der Waals surface area contributed by atoms with E-state index < -0.39 is 0 Å². The molecule has 1 rings (SSSR count). The third-order valence-electron chi connectivity index (χ3n) is 2.17. The molecule has 0 aromatic carbocycles. The molecule has 0 bridgehead atoms. The minimum Gasteiger partial charge on any atom is -0.362 e. The number of anilines is 1. The second kappa shape index (κ2) is 5.98. The van der Waals surface area contributed by atoms with Crippen molar-refractivity contribution in [3.05, 3.63) is 11.1 Å². The monoisotopic (exact) mass is 213 g/mol. The Morgan fingerprint density at radius 1 is 1.64 bits per heavy atom. The standard InChI is InChI=1S/C10H19N3S/c1-8(6-11)4-3-5-12-10-13-9(2)7-14-10/h7-8H,3-6,11H2,1-2H3,(H,12,13). The second-order valence-corrected chi connectivity index (χ2v) is 4.56. The first-order valence-electron chi connectivity index (χ1n) is 5.08. The second-order valence-electron chi connectivity index (χ2n) is 3.70. The Morgan fingerprint density at radius 3 is 3.00 bits per heavy atom. The SMILES string of the molecule is Cc1csc(NCCCC(C)CN)n1. The van der Waals surface area contributed by atoms with E-state index in [1.54, 1.807) is 11.3 Å². The average Bonchev–Trinajstić information content (AvgIpc) is 2.58. The molecule has 1 heterocycles. The molecule has 1 atom stereocenters. The van der Waals surface area contributed by atoms with E-state index in [9.17, 15) is 0 Å². The zero-order valence-electron chi connectivity index (χ0n) is 8.92. The highest BCUT2D eigenvalue weighted by molar-refractivity contribution is 7.13. The van der Waals surface area contributed by atoms with Gasteiger partial charge in [0.15, 0.2) is 5.13 Å². The number of nitrogens with one attached hydrogen (secondary N) is 1. The van der Waals surface area contributed by atoms with Crippen molar-refractivity contribution < 1.29 is 0 Å². The van der Waals surface area contributed by atoms with E-state index in [1.165, 1.54) is 6.42 Å². The van der Waals surface area contributed by atoms with Crippen LogP contribution in [0.1, 0.15) is 25.5 Å². The highest BCUT2D eigenvalue weighted by Gasteiger charge is 1.99. The van der Waals surface area contributed by atoms with E-state index in [2.05, 4.69) is 22.6 Å². The summed E-state index contributed by atoms with van der Waals surface area (Å²) in [7, 11) is 0. The molecule has 1 aromatic heterocycles. The predicted octanol–water partition coefficient (Wildman–Crippen LogP) is 2.24. The van der Waals surface area contributed by atoms with Gasteiger partial charge in [-0.1, -0.05) is 6.92 Å². The molecule has 14 heavy (non-hydrogen) atoms. The van der Waals surface area contributed by atoms with Crippen LogP contribution in [0, 0.1) is 12.8 Å². The summed E-state index contributed by atoms with van der Waals surface area (Å²) in [6.07, 6.45) is 2.35. The topological polar surface area (TPSA) is 50.9 Å². The molecule has 0 amide bonds. The van der Waals surface area contributed by atoms with Gasteiger partial charge in [0.1, 0.15) is 0 Å². The third-order valence-corrected chi connectivity index (χ3v) is 3.09. The van der Waals surface area contributed by atoms with E-state index >= 15 is 0 Å². The Kier molecular flexibility index (Phi) is 4.90. The van der Waals surface area contributed by atoms with Crippen LogP contribution in [0.25, 0.3) is 0 Å². The first-order valence-corrected chi connectivity index (χ1v) is 5.96. The molecule has 3 nitrogen and oxygen atoms in total. The van der Waals surface area contributed by atoms with Gasteiger partial charge in [0.25, 0.3) is 0 Å². The number of nitrogens with two attached hydrogens (primary N) is 1. The van der Waals surface area contributed by atoms with Gasteiger partial charge in [0.2, 0.25) is 0 Å². The van der Waals surface area contributed by atoms with Gasteiger partial charge < -0.3 is 11.1 Å². The van der Waals surface area contributed by atoms with Gasteiger partial charge in [-0.05, 0) is 32.2 Å². The molecule has 0 saturated carbocycles. The number of nitrogens with zero attached hydrogens (tertiary/aromatic N) is 1. The first-order chi connectivity index (χ1) is 6.72. The number of thiazole rings is 1. The average molecular weight is 213 g/mol. The van der Waals surface area contributed by atoms with Gasteiger partial charge >= 0.3 is 0 Å². The van der Waals surface area contributed by atoms with Crippen molar-refractivity contribution in [2.75, 3.05) is 18.4 Å². The van der Waals surface area contributed by atoms with Crippen LogP contribution in [0.4, 0.5) is 5.13 Å². The van der Waals surface area contributed by atoms with Crippen LogP contribution in [-0.4, -0.2) is 18.1 Å². The third kappa shape index (κ3) is 4.07. The van der Waals surface area contributed by atoms with Gasteiger partial charge in [-0.15, -0.1) is 11.3 Å². The molecule has 0 aliphatic rings. The molecule has 1 unspecified atom stereocenters. The Morgan fingerprint density at radius 2 is 2.43 bits per heavy atom. The molecule has 0 fully saturated rings. The largest absolute Gasteiger partial charge is 0.362 e. The maximum Gasteiger partial charge on any atom is 0.182 e. The maximum atomic E-state index is 5.54. The summed E-state index contributed by atoms with van der Waals surface area (Å²) in [6.45, 7) is 5.99. The quantitative estimate of drug-likeness (QED) is 0.713. The molecule has 4 heteroatoms. The van der Waals surface area contributed by atoms with Crippen LogP contribution in [0.5, 0.6) is 0 Å². The van der Waals surface area contributed by atoms with Crippen molar-refractivity contribution in [2.24, 2.45) is 11.7 Å². The van der Waals surface area contributed by atoms with Crippen molar-refractivity contribution in [1.82, 2.24) is 4.98 Å². The summed E-state index contributed by atoms with van der Waals surface area (Å²) in [5.74, 6) is 0.634. The first kappa shape index (κ1) is 11.5. The van der Waals surface area contributed by atoms with Gasteiger partial charge in [0.05, 0.1) is 5.69 Å².